The summed E-state index contributed by atoms with van der Waals surface area (Å²) in [4.78, 5) is 23.5. The molecule has 0 aromatic carbocycles. The van der Waals surface area contributed by atoms with E-state index in [9.17, 15) is 14.7 Å². The molecule has 0 aromatic heterocycles. The highest BCUT2D eigenvalue weighted by Crippen LogP contribution is 2.01. The van der Waals surface area contributed by atoms with Crippen LogP contribution in [0.3, 0.4) is 0 Å². The second-order valence-electron chi connectivity index (χ2n) is 5.38. The van der Waals surface area contributed by atoms with Crippen LogP contribution in [0.2, 0.25) is 0 Å². The Bertz CT molecular complexity index is 360. The van der Waals surface area contributed by atoms with Gasteiger partial charge in [-0.25, -0.2) is 0 Å². The summed E-state index contributed by atoms with van der Waals surface area (Å²) in [6.45, 7) is 1.60. The van der Waals surface area contributed by atoms with Gasteiger partial charge in [0, 0.05) is 19.5 Å². The average molecular weight is 330 g/mol. The topological polar surface area (TPSA) is 110 Å². The number of carbonyl (C=O) groups is 2. The first kappa shape index (κ1) is 21.6. The Kier molecular flexibility index (Phi) is 13.3. The van der Waals surface area contributed by atoms with Gasteiger partial charge in [0.2, 0.25) is 5.91 Å². The summed E-state index contributed by atoms with van der Waals surface area (Å²) in [5.74, 6) is -1.21. The zero-order valence-corrected chi connectivity index (χ0v) is 13.9. The predicted octanol–water partition coefficient (Wildman–Crippen LogP) is 0.717. The maximum Gasteiger partial charge on any atom is 0.317 e. The molecule has 0 aliphatic heterocycles. The first-order valence-corrected chi connectivity index (χ1v) is 8.17. The van der Waals surface area contributed by atoms with Crippen molar-refractivity contribution in [2.45, 2.75) is 51.7 Å². The van der Waals surface area contributed by atoms with Gasteiger partial charge in [0.15, 0.2) is 0 Å². The standard InChI is InChI=1S/C16H30N2O5/c1-2-3-4-5-6-7-8-9-14(20)17-10-11-18(12-16(22)23)15(21)13-19/h6-7,15,19,21H,2-5,8-13H2,1H3,(H,17,20)(H,22,23)/b7-6+. The van der Waals surface area contributed by atoms with Crippen LogP contribution in [0.25, 0.3) is 0 Å². The molecular weight excluding hydrogens is 300 g/mol. The van der Waals surface area contributed by atoms with Crippen molar-refractivity contribution in [1.82, 2.24) is 10.2 Å². The largest absolute Gasteiger partial charge is 0.480 e. The summed E-state index contributed by atoms with van der Waals surface area (Å²) >= 11 is 0. The number of nitrogens with one attached hydrogen (secondary N) is 1. The highest BCUT2D eigenvalue weighted by Gasteiger charge is 2.17. The van der Waals surface area contributed by atoms with Crippen LogP contribution in [0.4, 0.5) is 0 Å². The van der Waals surface area contributed by atoms with E-state index in [0.717, 1.165) is 6.42 Å². The number of nitrogens with zero attached hydrogens (tertiary/aromatic N) is 1. The Morgan fingerprint density at radius 3 is 2.52 bits per heavy atom. The van der Waals surface area contributed by atoms with Crippen molar-refractivity contribution in [2.75, 3.05) is 26.2 Å². The van der Waals surface area contributed by atoms with E-state index in [2.05, 4.69) is 18.3 Å². The molecule has 1 unspecified atom stereocenters. The summed E-state index contributed by atoms with van der Waals surface area (Å²) in [6.07, 6.45) is 8.54. The fourth-order valence-electron chi connectivity index (χ4n) is 2.01. The van der Waals surface area contributed by atoms with Gasteiger partial charge < -0.3 is 20.6 Å². The van der Waals surface area contributed by atoms with Crippen LogP contribution in [0.5, 0.6) is 0 Å². The van der Waals surface area contributed by atoms with Crippen molar-refractivity contribution in [1.29, 1.82) is 0 Å². The summed E-state index contributed by atoms with van der Waals surface area (Å²) in [6, 6.07) is 0. The number of amides is 1. The van der Waals surface area contributed by atoms with Crippen LogP contribution in [-0.2, 0) is 9.59 Å². The zero-order valence-electron chi connectivity index (χ0n) is 13.9. The van der Waals surface area contributed by atoms with Gasteiger partial charge >= 0.3 is 5.97 Å². The smallest absolute Gasteiger partial charge is 0.317 e. The Morgan fingerprint density at radius 2 is 1.91 bits per heavy atom. The highest BCUT2D eigenvalue weighted by atomic mass is 16.4. The van der Waals surface area contributed by atoms with Crippen LogP contribution >= 0.6 is 0 Å². The second kappa shape index (κ2) is 14.2. The minimum Gasteiger partial charge on any atom is -0.480 e. The highest BCUT2D eigenvalue weighted by molar-refractivity contribution is 5.76. The van der Waals surface area contributed by atoms with Crippen LogP contribution in [0, 0.1) is 0 Å². The summed E-state index contributed by atoms with van der Waals surface area (Å²) in [5, 5.41) is 29.8. The van der Waals surface area contributed by atoms with Crippen LogP contribution in [-0.4, -0.2) is 64.6 Å². The van der Waals surface area contributed by atoms with E-state index < -0.39 is 25.3 Å². The molecule has 4 N–H and O–H groups in total. The fourth-order valence-corrected chi connectivity index (χ4v) is 2.01. The molecule has 0 rings (SSSR count). The molecule has 0 aliphatic rings. The molecule has 1 amide bonds. The van der Waals surface area contributed by atoms with E-state index in [1.807, 2.05) is 6.08 Å². The maximum absolute atomic E-state index is 11.6. The molecule has 23 heavy (non-hydrogen) atoms. The lowest BCUT2D eigenvalue weighted by atomic mass is 10.2. The lowest BCUT2D eigenvalue weighted by Gasteiger charge is -2.24. The normalized spacial score (nSPS) is 12.7. The SMILES string of the molecule is CCCCC/C=C/CCC(=O)NCCN(CC(=O)O)C(O)CO. The van der Waals surface area contributed by atoms with Crippen molar-refractivity contribution < 1.29 is 24.9 Å². The third kappa shape index (κ3) is 12.8. The molecule has 0 aliphatic carbocycles. The van der Waals surface area contributed by atoms with Gasteiger partial charge in [-0.05, 0) is 19.3 Å². The minimum absolute atomic E-state index is 0.114. The van der Waals surface area contributed by atoms with Crippen molar-refractivity contribution >= 4 is 11.9 Å². The molecular formula is C16H30N2O5. The van der Waals surface area contributed by atoms with Crippen molar-refractivity contribution in [3.8, 4) is 0 Å². The van der Waals surface area contributed by atoms with Gasteiger partial charge in [-0.2, -0.15) is 0 Å². The Morgan fingerprint density at radius 1 is 1.22 bits per heavy atom. The number of carboxylic acid groups (broad SMARTS) is 1. The Hall–Kier alpha value is -1.44. The molecule has 0 aromatic rings. The Labute approximate surface area is 138 Å². The molecule has 0 fully saturated rings. The number of hydrogen-bond acceptors (Lipinski definition) is 5. The average Bonchev–Trinajstić information content (AvgIpc) is 2.52. The summed E-state index contributed by atoms with van der Waals surface area (Å²) in [7, 11) is 0. The summed E-state index contributed by atoms with van der Waals surface area (Å²) < 4.78 is 0. The zero-order chi connectivity index (χ0) is 17.5. The predicted molar refractivity (Wildman–Crippen MR) is 87.8 cm³/mol. The Balaban J connectivity index is 3.84. The van der Waals surface area contributed by atoms with Crippen LogP contribution in [0.1, 0.15) is 45.4 Å². The van der Waals surface area contributed by atoms with Gasteiger partial charge in [-0.1, -0.05) is 31.9 Å². The van der Waals surface area contributed by atoms with E-state index >= 15 is 0 Å². The van der Waals surface area contributed by atoms with Crippen LogP contribution in [0.15, 0.2) is 12.2 Å². The van der Waals surface area contributed by atoms with E-state index in [4.69, 9.17) is 10.2 Å². The van der Waals surface area contributed by atoms with Gasteiger partial charge in [0.25, 0.3) is 0 Å². The molecule has 1 atom stereocenters. The molecule has 0 saturated carbocycles. The molecule has 0 saturated heterocycles. The van der Waals surface area contributed by atoms with Gasteiger partial charge in [-0.15, -0.1) is 0 Å². The fraction of sp³-hybridized carbons (Fsp3) is 0.750. The number of allylic oxidation sites excluding steroid dienone is 2. The van der Waals surface area contributed by atoms with Gasteiger partial charge in [-0.3, -0.25) is 14.5 Å². The number of carboxylic acids is 1. The van der Waals surface area contributed by atoms with E-state index in [0.29, 0.717) is 12.8 Å². The van der Waals surface area contributed by atoms with E-state index in [-0.39, 0.29) is 19.0 Å². The van der Waals surface area contributed by atoms with Crippen molar-refractivity contribution in [3.05, 3.63) is 12.2 Å². The molecule has 7 heteroatoms. The molecule has 0 spiro atoms. The number of aliphatic hydroxyl groups excluding tert-OH is 2. The maximum atomic E-state index is 11.6. The minimum atomic E-state index is -1.24. The van der Waals surface area contributed by atoms with E-state index in [1.54, 1.807) is 0 Å². The number of unbranched alkanes of at least 4 members (excludes halogenated alkanes) is 3. The van der Waals surface area contributed by atoms with Crippen molar-refractivity contribution in [3.63, 3.8) is 0 Å². The number of aliphatic hydroxyl groups is 2. The molecule has 0 heterocycles. The lowest BCUT2D eigenvalue weighted by Crippen LogP contribution is -2.45. The first-order chi connectivity index (χ1) is 11.0. The number of aliphatic carboxylic acids is 1. The number of carbonyl (C=O) groups excluding carboxylic acids is 1. The molecule has 0 radical (unpaired) electrons. The quantitative estimate of drug-likeness (QED) is 0.212. The van der Waals surface area contributed by atoms with Gasteiger partial charge in [0.1, 0.15) is 6.23 Å². The monoisotopic (exact) mass is 330 g/mol. The van der Waals surface area contributed by atoms with Gasteiger partial charge in [0.05, 0.1) is 13.2 Å². The van der Waals surface area contributed by atoms with Crippen molar-refractivity contribution in [2.24, 2.45) is 0 Å². The number of hydrogen-bond donors (Lipinski definition) is 4. The first-order valence-electron chi connectivity index (χ1n) is 8.17. The summed E-state index contributed by atoms with van der Waals surface area (Å²) in [5.41, 5.74) is 0. The van der Waals surface area contributed by atoms with Crippen LogP contribution < -0.4 is 5.32 Å². The third-order valence-electron chi connectivity index (χ3n) is 3.32. The molecule has 7 nitrogen and oxygen atoms in total. The lowest BCUT2D eigenvalue weighted by molar-refractivity contribution is -0.142. The number of rotatable bonds is 14. The third-order valence-corrected chi connectivity index (χ3v) is 3.32. The second-order valence-corrected chi connectivity index (χ2v) is 5.38. The molecule has 134 valence electrons. The van der Waals surface area contributed by atoms with E-state index in [1.165, 1.54) is 24.2 Å². The molecule has 0 bridgehead atoms.